The van der Waals surface area contributed by atoms with Gasteiger partial charge in [0.2, 0.25) is 0 Å². The van der Waals surface area contributed by atoms with Crippen LogP contribution in [0.2, 0.25) is 5.02 Å². The van der Waals surface area contributed by atoms with Gasteiger partial charge in [0.15, 0.2) is 4.32 Å². The lowest BCUT2D eigenvalue weighted by molar-refractivity contribution is -0.113. The molecular formula is C20H17BrClNO2S2. The smallest absolute Gasteiger partial charge is 0.270 e. The molecule has 0 aromatic heterocycles. The second-order valence-corrected chi connectivity index (χ2v) is 9.33. The van der Waals surface area contributed by atoms with Crippen LogP contribution in [0.3, 0.4) is 0 Å². The van der Waals surface area contributed by atoms with E-state index in [4.69, 9.17) is 28.6 Å². The average Bonchev–Trinajstić information content (AvgIpc) is 2.90. The summed E-state index contributed by atoms with van der Waals surface area (Å²) in [6.07, 6.45) is 1.84. The van der Waals surface area contributed by atoms with Gasteiger partial charge < -0.3 is 4.74 Å². The minimum absolute atomic E-state index is 0.150. The SMILES string of the molecule is CC(C)COc1ccc(/C=C2\SC(=S)N(c3ccc(Br)c(Cl)c3)C2=O)cc1. The lowest BCUT2D eigenvalue weighted by Gasteiger charge is -2.15. The highest BCUT2D eigenvalue weighted by Crippen LogP contribution is 2.38. The Kier molecular flexibility index (Phi) is 6.63. The fourth-order valence-electron chi connectivity index (χ4n) is 2.39. The van der Waals surface area contributed by atoms with E-state index in [9.17, 15) is 4.79 Å². The van der Waals surface area contributed by atoms with Crippen LogP contribution in [0.1, 0.15) is 19.4 Å². The number of nitrogens with zero attached hydrogens (tertiary/aromatic N) is 1. The van der Waals surface area contributed by atoms with E-state index < -0.39 is 0 Å². The predicted molar refractivity (Wildman–Crippen MR) is 122 cm³/mol. The first kappa shape index (κ1) is 20.4. The topological polar surface area (TPSA) is 29.5 Å². The fourth-order valence-corrected chi connectivity index (χ4v) is 4.11. The second-order valence-electron chi connectivity index (χ2n) is 6.39. The quantitative estimate of drug-likeness (QED) is 0.357. The Morgan fingerprint density at radius 3 is 2.59 bits per heavy atom. The van der Waals surface area contributed by atoms with Crippen LogP contribution in [-0.4, -0.2) is 16.8 Å². The van der Waals surface area contributed by atoms with Crippen LogP contribution in [-0.2, 0) is 4.79 Å². The number of anilines is 1. The third-order valence-corrected chi connectivity index (χ3v) is 6.25. The number of benzene rings is 2. The molecule has 0 saturated carbocycles. The predicted octanol–water partition coefficient (Wildman–Crippen LogP) is 6.54. The molecule has 7 heteroatoms. The second kappa shape index (κ2) is 8.78. The monoisotopic (exact) mass is 481 g/mol. The van der Waals surface area contributed by atoms with Gasteiger partial charge in [-0.2, -0.15) is 0 Å². The van der Waals surface area contributed by atoms with Crippen molar-refractivity contribution in [2.75, 3.05) is 11.5 Å². The Hall–Kier alpha value is -1.34. The van der Waals surface area contributed by atoms with Gasteiger partial charge in [-0.25, -0.2) is 0 Å². The van der Waals surface area contributed by atoms with E-state index in [2.05, 4.69) is 29.8 Å². The molecule has 1 fully saturated rings. The zero-order chi connectivity index (χ0) is 19.6. The molecule has 0 bridgehead atoms. The zero-order valence-corrected chi connectivity index (χ0v) is 18.7. The fraction of sp³-hybridized carbons (Fsp3) is 0.200. The summed E-state index contributed by atoms with van der Waals surface area (Å²) in [6.45, 7) is 4.89. The third kappa shape index (κ3) is 4.93. The summed E-state index contributed by atoms with van der Waals surface area (Å²) in [5.41, 5.74) is 1.58. The van der Waals surface area contributed by atoms with Gasteiger partial charge in [0.25, 0.3) is 5.91 Å². The van der Waals surface area contributed by atoms with Gasteiger partial charge in [-0.1, -0.05) is 61.6 Å². The van der Waals surface area contributed by atoms with Crippen molar-refractivity contribution in [3.8, 4) is 5.75 Å². The van der Waals surface area contributed by atoms with Crippen LogP contribution in [0.15, 0.2) is 51.8 Å². The highest BCUT2D eigenvalue weighted by atomic mass is 79.9. The van der Waals surface area contributed by atoms with E-state index in [1.165, 1.54) is 16.7 Å². The molecule has 0 radical (unpaired) electrons. The van der Waals surface area contributed by atoms with Crippen LogP contribution in [0, 0.1) is 5.92 Å². The first-order valence-corrected chi connectivity index (χ1v) is 10.7. The van der Waals surface area contributed by atoms with Crippen molar-refractivity contribution in [1.82, 2.24) is 0 Å². The third-order valence-electron chi connectivity index (χ3n) is 3.72. The highest BCUT2D eigenvalue weighted by molar-refractivity contribution is 9.10. The van der Waals surface area contributed by atoms with Crippen molar-refractivity contribution in [2.45, 2.75) is 13.8 Å². The molecule has 0 unspecified atom stereocenters. The number of carbonyl (C=O) groups is 1. The van der Waals surface area contributed by atoms with Gasteiger partial charge >= 0.3 is 0 Å². The van der Waals surface area contributed by atoms with E-state index >= 15 is 0 Å². The van der Waals surface area contributed by atoms with Gasteiger partial charge in [-0.3, -0.25) is 9.69 Å². The van der Waals surface area contributed by atoms with Crippen molar-refractivity contribution in [3.63, 3.8) is 0 Å². The van der Waals surface area contributed by atoms with Crippen molar-refractivity contribution in [3.05, 3.63) is 62.4 Å². The highest BCUT2D eigenvalue weighted by Gasteiger charge is 2.33. The summed E-state index contributed by atoms with van der Waals surface area (Å²) in [6, 6.07) is 13.0. The summed E-state index contributed by atoms with van der Waals surface area (Å²) < 4.78 is 6.95. The summed E-state index contributed by atoms with van der Waals surface area (Å²) >= 11 is 16.2. The van der Waals surface area contributed by atoms with E-state index in [0.717, 1.165) is 15.8 Å². The molecule has 1 heterocycles. The number of hydrogen-bond donors (Lipinski definition) is 0. The standard InChI is InChI=1S/C20H17BrClNO2S2/c1-12(2)11-25-15-6-3-13(4-7-15)9-18-19(24)23(20(26)27-18)14-5-8-16(21)17(22)10-14/h3-10,12H,11H2,1-2H3/b18-9-. The average molecular weight is 483 g/mol. The Bertz CT molecular complexity index is 913. The van der Waals surface area contributed by atoms with Crippen molar-refractivity contribution in [1.29, 1.82) is 0 Å². The number of rotatable bonds is 5. The number of thiocarbonyl (C=S) groups is 1. The van der Waals surface area contributed by atoms with Gasteiger partial charge in [-0.15, -0.1) is 0 Å². The molecular weight excluding hydrogens is 466 g/mol. The lowest BCUT2D eigenvalue weighted by atomic mass is 10.2. The normalized spacial score (nSPS) is 15.9. The summed E-state index contributed by atoms with van der Waals surface area (Å²) in [5.74, 6) is 1.14. The Morgan fingerprint density at radius 1 is 1.26 bits per heavy atom. The Morgan fingerprint density at radius 2 is 1.96 bits per heavy atom. The number of hydrogen-bond acceptors (Lipinski definition) is 4. The van der Waals surface area contributed by atoms with E-state index in [1.807, 2.05) is 36.4 Å². The van der Waals surface area contributed by atoms with Crippen LogP contribution < -0.4 is 9.64 Å². The Balaban J connectivity index is 1.78. The molecule has 1 aliphatic heterocycles. The molecule has 0 atom stereocenters. The molecule has 1 aliphatic rings. The van der Waals surface area contributed by atoms with Crippen LogP contribution in [0.25, 0.3) is 6.08 Å². The molecule has 0 spiro atoms. The molecule has 1 amide bonds. The molecule has 3 nitrogen and oxygen atoms in total. The van der Waals surface area contributed by atoms with E-state index in [0.29, 0.717) is 32.5 Å². The molecule has 27 heavy (non-hydrogen) atoms. The van der Waals surface area contributed by atoms with Crippen LogP contribution >= 0.6 is 51.5 Å². The molecule has 2 aromatic carbocycles. The molecule has 3 rings (SSSR count). The van der Waals surface area contributed by atoms with Gasteiger partial charge in [0, 0.05) is 4.47 Å². The molecule has 0 N–H and O–H groups in total. The lowest BCUT2D eigenvalue weighted by Crippen LogP contribution is -2.27. The summed E-state index contributed by atoms with van der Waals surface area (Å²) in [4.78, 5) is 14.9. The largest absolute Gasteiger partial charge is 0.493 e. The zero-order valence-electron chi connectivity index (χ0n) is 14.7. The van der Waals surface area contributed by atoms with Crippen molar-refractivity contribution < 1.29 is 9.53 Å². The minimum Gasteiger partial charge on any atom is -0.493 e. The van der Waals surface area contributed by atoms with E-state index in [-0.39, 0.29) is 5.91 Å². The van der Waals surface area contributed by atoms with Crippen molar-refractivity contribution >= 4 is 73.5 Å². The number of amides is 1. The molecule has 0 aliphatic carbocycles. The summed E-state index contributed by atoms with van der Waals surface area (Å²) in [7, 11) is 0. The number of halogens is 2. The molecule has 1 saturated heterocycles. The molecule has 2 aromatic rings. The first-order chi connectivity index (χ1) is 12.8. The maximum Gasteiger partial charge on any atom is 0.270 e. The van der Waals surface area contributed by atoms with Crippen molar-refractivity contribution in [2.24, 2.45) is 5.92 Å². The molecule has 140 valence electrons. The minimum atomic E-state index is -0.150. The van der Waals surface area contributed by atoms with Gasteiger partial charge in [0.1, 0.15) is 5.75 Å². The summed E-state index contributed by atoms with van der Waals surface area (Å²) in [5, 5.41) is 0.530. The van der Waals surface area contributed by atoms with Gasteiger partial charge in [0.05, 0.1) is 22.2 Å². The Labute approximate surface area is 181 Å². The van der Waals surface area contributed by atoms with Gasteiger partial charge in [-0.05, 0) is 63.8 Å². The van der Waals surface area contributed by atoms with E-state index in [1.54, 1.807) is 12.1 Å². The van der Waals surface area contributed by atoms with Crippen LogP contribution in [0.5, 0.6) is 5.75 Å². The number of thioether (sulfide) groups is 1. The van der Waals surface area contributed by atoms with Crippen LogP contribution in [0.4, 0.5) is 5.69 Å². The number of ether oxygens (including phenoxy) is 1. The maximum absolute atomic E-state index is 12.8. The first-order valence-electron chi connectivity index (χ1n) is 8.31. The number of carbonyl (C=O) groups excluding carboxylic acids is 1. The maximum atomic E-state index is 12.8.